The Morgan fingerprint density at radius 1 is 1.47 bits per heavy atom. The Hall–Kier alpha value is -1.13. The summed E-state index contributed by atoms with van der Waals surface area (Å²) in [7, 11) is -3.09. The van der Waals surface area contributed by atoms with Gasteiger partial charge in [0, 0.05) is 24.3 Å². The summed E-state index contributed by atoms with van der Waals surface area (Å²) in [4.78, 5) is 0. The predicted octanol–water partition coefficient (Wildman–Crippen LogP) is 0.854. The van der Waals surface area contributed by atoms with Crippen LogP contribution in [0, 0.1) is 0 Å². The third kappa shape index (κ3) is 4.76. The van der Waals surface area contributed by atoms with Crippen molar-refractivity contribution in [2.75, 3.05) is 5.75 Å². The van der Waals surface area contributed by atoms with Crippen molar-refractivity contribution in [1.82, 2.24) is 0 Å². The summed E-state index contributed by atoms with van der Waals surface area (Å²) < 4.78 is 23.5. The lowest BCUT2D eigenvalue weighted by Gasteiger charge is -2.10. The van der Waals surface area contributed by atoms with Gasteiger partial charge >= 0.3 is 0 Å². The molecule has 0 aliphatic rings. The van der Waals surface area contributed by atoms with Crippen molar-refractivity contribution in [3.63, 3.8) is 0 Å². The maximum Gasteiger partial charge on any atom is 0.169 e. The minimum atomic E-state index is -3.09. The highest BCUT2D eigenvalue weighted by Gasteiger charge is 1.99. The Morgan fingerprint density at radius 2 is 2.07 bits per heavy atom. The van der Waals surface area contributed by atoms with Crippen molar-refractivity contribution >= 4 is 21.7 Å². The Kier molecular flexibility index (Phi) is 4.05. The number of hydrogen-bond donors (Lipinski definition) is 0. The van der Waals surface area contributed by atoms with Gasteiger partial charge in [-0.2, -0.15) is 0 Å². The van der Waals surface area contributed by atoms with Crippen molar-refractivity contribution in [3.05, 3.63) is 36.7 Å². The molecular formula is C11H15NO2S. The van der Waals surface area contributed by atoms with Gasteiger partial charge in [0.2, 0.25) is 0 Å². The van der Waals surface area contributed by atoms with Crippen molar-refractivity contribution in [2.45, 2.75) is 13.0 Å². The SMILES string of the molecule is C=Cc1cc[n+](CCCS(=C)(=O)[O-])cc1. The van der Waals surface area contributed by atoms with Gasteiger partial charge in [0.1, 0.15) is 6.54 Å². The Labute approximate surface area is 90.9 Å². The minimum Gasteiger partial charge on any atom is -0.778 e. The van der Waals surface area contributed by atoms with Crippen LogP contribution in [-0.2, 0) is 16.3 Å². The first kappa shape index (κ1) is 11.9. The molecule has 0 bridgehead atoms. The predicted molar refractivity (Wildman–Crippen MR) is 62.3 cm³/mol. The topological polar surface area (TPSA) is 44.0 Å². The van der Waals surface area contributed by atoms with E-state index >= 15 is 0 Å². The Bertz CT molecular complexity index is 420. The molecule has 1 atom stereocenters. The van der Waals surface area contributed by atoms with Crippen LogP contribution in [0.5, 0.6) is 0 Å². The Balaban J connectivity index is 2.48. The smallest absolute Gasteiger partial charge is 0.169 e. The molecular weight excluding hydrogens is 210 g/mol. The standard InChI is InChI=1S/C11H15NO2S/c1-3-11-5-8-12(9-6-11)7-4-10-15(2,13)14/h3,5-6,8-9H,1-2,4,7,10H2. The van der Waals surface area contributed by atoms with Gasteiger partial charge in [-0.25, -0.2) is 4.57 Å². The highest BCUT2D eigenvalue weighted by molar-refractivity contribution is 7.94. The summed E-state index contributed by atoms with van der Waals surface area (Å²) in [5.74, 6) is 3.21. The van der Waals surface area contributed by atoms with Crippen LogP contribution >= 0.6 is 0 Å². The monoisotopic (exact) mass is 225 g/mol. The van der Waals surface area contributed by atoms with E-state index in [2.05, 4.69) is 12.4 Å². The number of pyridine rings is 1. The second kappa shape index (κ2) is 5.09. The van der Waals surface area contributed by atoms with Crippen LogP contribution in [0.1, 0.15) is 12.0 Å². The number of nitrogens with zero attached hydrogens (tertiary/aromatic N) is 1. The molecule has 0 N–H and O–H groups in total. The quantitative estimate of drug-likeness (QED) is 0.551. The molecule has 15 heavy (non-hydrogen) atoms. The summed E-state index contributed by atoms with van der Waals surface area (Å²) in [6.07, 6.45) is 6.17. The summed E-state index contributed by atoms with van der Waals surface area (Å²) in [6, 6.07) is 3.87. The maximum absolute atomic E-state index is 10.8. The lowest BCUT2D eigenvalue weighted by atomic mass is 10.3. The molecule has 1 rings (SSSR count). The minimum absolute atomic E-state index is 0.128. The Morgan fingerprint density at radius 3 is 2.53 bits per heavy atom. The van der Waals surface area contributed by atoms with E-state index < -0.39 is 9.80 Å². The van der Waals surface area contributed by atoms with Gasteiger partial charge < -0.3 is 4.55 Å². The summed E-state index contributed by atoms with van der Waals surface area (Å²) in [5, 5.41) is 0. The van der Waals surface area contributed by atoms with Crippen molar-refractivity contribution in [1.29, 1.82) is 0 Å². The molecule has 0 saturated carbocycles. The van der Waals surface area contributed by atoms with E-state index in [0.29, 0.717) is 13.0 Å². The highest BCUT2D eigenvalue weighted by Crippen LogP contribution is 1.96. The first-order valence-electron chi connectivity index (χ1n) is 4.68. The normalized spacial score (nSPS) is 14.5. The summed E-state index contributed by atoms with van der Waals surface area (Å²) >= 11 is 0. The van der Waals surface area contributed by atoms with Crippen LogP contribution in [0.2, 0.25) is 0 Å². The van der Waals surface area contributed by atoms with E-state index in [0.717, 1.165) is 5.56 Å². The molecule has 0 saturated heterocycles. The first-order chi connectivity index (χ1) is 7.01. The van der Waals surface area contributed by atoms with E-state index in [-0.39, 0.29) is 5.75 Å². The average molecular weight is 225 g/mol. The average Bonchev–Trinajstić information content (AvgIpc) is 2.17. The van der Waals surface area contributed by atoms with Crippen molar-refractivity contribution in [2.24, 2.45) is 0 Å². The molecule has 0 aliphatic heterocycles. The number of rotatable bonds is 5. The van der Waals surface area contributed by atoms with Gasteiger partial charge in [0.25, 0.3) is 0 Å². The third-order valence-electron chi connectivity index (χ3n) is 2.02. The van der Waals surface area contributed by atoms with Gasteiger partial charge in [0.05, 0.1) is 0 Å². The first-order valence-corrected chi connectivity index (χ1v) is 6.51. The fourth-order valence-corrected chi connectivity index (χ4v) is 1.79. The summed E-state index contributed by atoms with van der Waals surface area (Å²) in [6.45, 7) is 4.34. The van der Waals surface area contributed by atoms with Crippen molar-refractivity contribution < 1.29 is 13.3 Å². The van der Waals surface area contributed by atoms with E-state index in [1.54, 1.807) is 6.08 Å². The molecule has 1 heterocycles. The van der Waals surface area contributed by atoms with Crippen LogP contribution in [-0.4, -0.2) is 20.4 Å². The van der Waals surface area contributed by atoms with Crippen LogP contribution in [0.3, 0.4) is 0 Å². The molecule has 0 radical (unpaired) electrons. The fraction of sp³-hybridized carbons (Fsp3) is 0.273. The molecule has 3 nitrogen and oxygen atoms in total. The zero-order valence-electron chi connectivity index (χ0n) is 8.59. The number of aromatic nitrogens is 1. The molecule has 0 fully saturated rings. The van der Waals surface area contributed by atoms with Gasteiger partial charge in [-0.3, -0.25) is 4.21 Å². The fourth-order valence-electron chi connectivity index (χ4n) is 1.22. The van der Waals surface area contributed by atoms with Gasteiger partial charge in [-0.1, -0.05) is 28.3 Å². The van der Waals surface area contributed by atoms with Crippen molar-refractivity contribution in [3.8, 4) is 0 Å². The molecule has 1 unspecified atom stereocenters. The molecule has 1 aromatic rings. The number of hydrogen-bond acceptors (Lipinski definition) is 2. The van der Waals surface area contributed by atoms with Crippen LogP contribution in [0.25, 0.3) is 6.08 Å². The van der Waals surface area contributed by atoms with Crippen LogP contribution < -0.4 is 4.57 Å². The van der Waals surface area contributed by atoms with E-state index in [1.165, 1.54) is 0 Å². The van der Waals surface area contributed by atoms with Gasteiger partial charge in [-0.15, -0.1) is 0 Å². The van der Waals surface area contributed by atoms with E-state index in [4.69, 9.17) is 0 Å². The zero-order valence-corrected chi connectivity index (χ0v) is 9.41. The molecule has 82 valence electrons. The summed E-state index contributed by atoms with van der Waals surface area (Å²) in [5.41, 5.74) is 1.05. The van der Waals surface area contributed by atoms with Gasteiger partial charge in [0.15, 0.2) is 12.4 Å². The second-order valence-electron chi connectivity index (χ2n) is 3.37. The van der Waals surface area contributed by atoms with Gasteiger partial charge in [-0.05, 0) is 5.56 Å². The van der Waals surface area contributed by atoms with Crippen LogP contribution in [0.4, 0.5) is 0 Å². The van der Waals surface area contributed by atoms with E-state index in [1.807, 2.05) is 29.1 Å². The van der Waals surface area contributed by atoms with Crippen LogP contribution in [0.15, 0.2) is 31.1 Å². The third-order valence-corrected chi connectivity index (χ3v) is 2.93. The molecule has 0 spiro atoms. The molecule has 1 aromatic heterocycles. The lowest BCUT2D eigenvalue weighted by molar-refractivity contribution is -0.696. The van der Waals surface area contributed by atoms with E-state index in [9.17, 15) is 8.76 Å². The molecule has 0 aromatic carbocycles. The molecule has 0 amide bonds. The number of aryl methyl sites for hydroxylation is 1. The highest BCUT2D eigenvalue weighted by atomic mass is 32.2. The largest absolute Gasteiger partial charge is 0.778 e. The maximum atomic E-state index is 10.8. The molecule has 4 heteroatoms. The second-order valence-corrected chi connectivity index (χ2v) is 5.27. The molecule has 0 aliphatic carbocycles. The zero-order chi connectivity index (χ0) is 11.3. The lowest BCUT2D eigenvalue weighted by Crippen LogP contribution is -2.33.